The summed E-state index contributed by atoms with van der Waals surface area (Å²) in [5.74, 6) is 2.36. The number of hydrogen-bond donors (Lipinski definition) is 0. The van der Waals surface area contributed by atoms with E-state index in [4.69, 9.17) is 6.42 Å². The van der Waals surface area contributed by atoms with Gasteiger partial charge in [-0.25, -0.2) is 8.42 Å². The van der Waals surface area contributed by atoms with E-state index in [0.29, 0.717) is 11.4 Å². The Kier molecular flexibility index (Phi) is 4.56. The highest BCUT2D eigenvalue weighted by Crippen LogP contribution is 2.31. The van der Waals surface area contributed by atoms with E-state index in [1.807, 2.05) is 0 Å². The van der Waals surface area contributed by atoms with Crippen molar-refractivity contribution in [3.05, 3.63) is 14.7 Å². The van der Waals surface area contributed by atoms with Crippen LogP contribution in [0.3, 0.4) is 0 Å². The van der Waals surface area contributed by atoms with Crippen LogP contribution in [0.1, 0.15) is 11.8 Å². The maximum Gasteiger partial charge on any atom is 0.245 e. The lowest BCUT2D eigenvalue weighted by Gasteiger charge is -2.17. The number of halogens is 1. The second kappa shape index (κ2) is 5.32. The van der Waals surface area contributed by atoms with Crippen LogP contribution in [-0.2, 0) is 10.0 Å². The fourth-order valence-electron chi connectivity index (χ4n) is 1.29. The van der Waals surface area contributed by atoms with Crippen molar-refractivity contribution < 1.29 is 8.42 Å². The summed E-state index contributed by atoms with van der Waals surface area (Å²) < 4.78 is 26.5. The Balaban J connectivity index is 3.21. The van der Waals surface area contributed by atoms with E-state index in [9.17, 15) is 8.42 Å². The molecule has 0 N–H and O–H groups in total. The van der Waals surface area contributed by atoms with E-state index in [2.05, 4.69) is 21.9 Å². The first-order chi connectivity index (χ1) is 7.43. The van der Waals surface area contributed by atoms with Crippen LogP contribution < -0.4 is 0 Å². The van der Waals surface area contributed by atoms with Gasteiger partial charge in [-0.3, -0.25) is 0 Å². The molecule has 0 atom stereocenters. The largest absolute Gasteiger partial charge is 0.245 e. The molecule has 0 aliphatic heterocycles. The minimum absolute atomic E-state index is 0.103. The molecule has 0 saturated heterocycles. The molecule has 0 saturated carbocycles. The zero-order chi connectivity index (χ0) is 12.3. The van der Waals surface area contributed by atoms with Crippen LogP contribution in [0, 0.1) is 19.3 Å². The lowest BCUT2D eigenvalue weighted by molar-refractivity contribution is 0.464. The van der Waals surface area contributed by atoms with E-state index in [1.165, 1.54) is 15.6 Å². The molecule has 0 aliphatic rings. The fraction of sp³-hybridized carbons (Fsp3) is 0.400. The quantitative estimate of drug-likeness (QED) is 0.799. The van der Waals surface area contributed by atoms with Crippen molar-refractivity contribution in [1.29, 1.82) is 0 Å². The molecular formula is C10H12BrNO2S2. The number of terminal acetylenes is 1. The van der Waals surface area contributed by atoms with Crippen molar-refractivity contribution in [2.75, 3.05) is 13.1 Å². The Bertz CT molecular complexity index is 513. The summed E-state index contributed by atoms with van der Waals surface area (Å²) in [6.45, 7) is 4.03. The van der Waals surface area contributed by atoms with Gasteiger partial charge >= 0.3 is 0 Å². The average molecular weight is 322 g/mol. The van der Waals surface area contributed by atoms with Gasteiger partial charge in [0.2, 0.25) is 10.0 Å². The van der Waals surface area contributed by atoms with E-state index in [0.717, 1.165) is 8.66 Å². The van der Waals surface area contributed by atoms with E-state index in [1.54, 1.807) is 19.9 Å². The third-order valence-corrected chi connectivity index (χ3v) is 5.81. The number of aryl methyl sites for hydroxylation is 1. The molecular weight excluding hydrogens is 310 g/mol. The zero-order valence-electron chi connectivity index (χ0n) is 9.03. The maximum absolute atomic E-state index is 12.2. The van der Waals surface area contributed by atoms with Crippen LogP contribution in [0.4, 0.5) is 0 Å². The Hall–Kier alpha value is -0.350. The van der Waals surface area contributed by atoms with Crippen molar-refractivity contribution in [3.8, 4) is 12.3 Å². The average Bonchev–Trinajstić information content (AvgIpc) is 2.54. The van der Waals surface area contributed by atoms with Crippen molar-refractivity contribution in [1.82, 2.24) is 4.31 Å². The SMILES string of the molecule is C#CCN(CC)S(=O)(=O)c1cc(Br)sc1C. The molecule has 0 fully saturated rings. The highest BCUT2D eigenvalue weighted by Gasteiger charge is 2.25. The van der Waals surface area contributed by atoms with Gasteiger partial charge in [0.05, 0.1) is 15.2 Å². The minimum Gasteiger partial charge on any atom is -0.207 e. The van der Waals surface area contributed by atoms with Gasteiger partial charge in [0.25, 0.3) is 0 Å². The molecule has 16 heavy (non-hydrogen) atoms. The van der Waals surface area contributed by atoms with Gasteiger partial charge in [-0.1, -0.05) is 12.8 Å². The summed E-state index contributed by atoms with van der Waals surface area (Å²) in [5.41, 5.74) is 0. The minimum atomic E-state index is -3.45. The number of sulfonamides is 1. The smallest absolute Gasteiger partial charge is 0.207 e. The molecule has 0 bridgehead atoms. The summed E-state index contributed by atoms with van der Waals surface area (Å²) in [6, 6.07) is 1.62. The Morgan fingerprint density at radius 2 is 2.25 bits per heavy atom. The number of hydrogen-bond acceptors (Lipinski definition) is 3. The molecule has 6 heteroatoms. The van der Waals surface area contributed by atoms with Gasteiger partial charge in [-0.15, -0.1) is 17.8 Å². The van der Waals surface area contributed by atoms with Crippen LogP contribution in [-0.4, -0.2) is 25.8 Å². The topological polar surface area (TPSA) is 37.4 Å². The third kappa shape index (κ3) is 2.66. The summed E-state index contributed by atoms with van der Waals surface area (Å²) in [7, 11) is -3.45. The predicted molar refractivity (Wildman–Crippen MR) is 70.0 cm³/mol. The van der Waals surface area contributed by atoms with Gasteiger partial charge in [-0.2, -0.15) is 4.31 Å². The summed E-state index contributed by atoms with van der Waals surface area (Å²) in [6.07, 6.45) is 5.16. The van der Waals surface area contributed by atoms with Crippen molar-refractivity contribution in [2.45, 2.75) is 18.7 Å². The molecule has 1 aromatic rings. The standard InChI is InChI=1S/C10H12BrNO2S2/c1-4-6-12(5-2)16(13,14)9-7-10(11)15-8(9)3/h1,7H,5-6H2,2-3H3. The molecule has 1 heterocycles. The van der Waals surface area contributed by atoms with E-state index in [-0.39, 0.29) is 6.54 Å². The maximum atomic E-state index is 12.2. The van der Waals surface area contributed by atoms with Gasteiger partial charge in [-0.05, 0) is 28.9 Å². The van der Waals surface area contributed by atoms with Crippen LogP contribution >= 0.6 is 27.3 Å². The summed E-state index contributed by atoms with van der Waals surface area (Å²) in [4.78, 5) is 1.10. The number of thiophene rings is 1. The highest BCUT2D eigenvalue weighted by molar-refractivity contribution is 9.11. The lowest BCUT2D eigenvalue weighted by Crippen LogP contribution is -2.31. The highest BCUT2D eigenvalue weighted by atomic mass is 79.9. The number of nitrogens with zero attached hydrogens (tertiary/aromatic N) is 1. The van der Waals surface area contributed by atoms with Gasteiger partial charge in [0.1, 0.15) is 0 Å². The molecule has 3 nitrogen and oxygen atoms in total. The first-order valence-corrected chi connectivity index (χ1v) is 7.68. The molecule has 0 aromatic carbocycles. The van der Waals surface area contributed by atoms with Crippen LogP contribution in [0.15, 0.2) is 14.7 Å². The molecule has 1 aromatic heterocycles. The monoisotopic (exact) mass is 321 g/mol. The number of rotatable bonds is 4. The normalized spacial score (nSPS) is 11.7. The molecule has 88 valence electrons. The Labute approximate surface area is 109 Å². The van der Waals surface area contributed by atoms with Gasteiger partial charge in [0, 0.05) is 11.4 Å². The Morgan fingerprint density at radius 1 is 1.62 bits per heavy atom. The van der Waals surface area contributed by atoms with Gasteiger partial charge < -0.3 is 0 Å². The second-order valence-corrected chi connectivity index (χ2v) is 7.65. The predicted octanol–water partition coefficient (Wildman–Crippen LogP) is 2.46. The summed E-state index contributed by atoms with van der Waals surface area (Å²) >= 11 is 4.68. The zero-order valence-corrected chi connectivity index (χ0v) is 12.2. The molecule has 0 aliphatic carbocycles. The van der Waals surface area contributed by atoms with Gasteiger partial charge in [0.15, 0.2) is 0 Å². The van der Waals surface area contributed by atoms with Crippen LogP contribution in [0.25, 0.3) is 0 Å². The molecule has 0 unspecified atom stereocenters. The molecule has 1 rings (SSSR count). The first-order valence-electron chi connectivity index (χ1n) is 4.63. The second-order valence-electron chi connectivity index (χ2n) is 3.11. The van der Waals surface area contributed by atoms with Crippen molar-refractivity contribution in [2.24, 2.45) is 0 Å². The van der Waals surface area contributed by atoms with Crippen LogP contribution in [0.2, 0.25) is 0 Å². The fourth-order valence-corrected chi connectivity index (χ4v) is 5.04. The molecule has 0 amide bonds. The molecule has 0 spiro atoms. The van der Waals surface area contributed by atoms with E-state index < -0.39 is 10.0 Å². The van der Waals surface area contributed by atoms with Crippen LogP contribution in [0.5, 0.6) is 0 Å². The summed E-state index contributed by atoms with van der Waals surface area (Å²) in [5, 5.41) is 0. The third-order valence-electron chi connectivity index (χ3n) is 2.08. The lowest BCUT2D eigenvalue weighted by atomic mass is 10.5. The Morgan fingerprint density at radius 3 is 2.62 bits per heavy atom. The van der Waals surface area contributed by atoms with E-state index >= 15 is 0 Å². The van der Waals surface area contributed by atoms with Crippen molar-refractivity contribution in [3.63, 3.8) is 0 Å². The first kappa shape index (κ1) is 13.7. The van der Waals surface area contributed by atoms with Crippen molar-refractivity contribution >= 4 is 37.3 Å². The molecule has 0 radical (unpaired) electrons.